The Kier molecular flexibility index (Phi) is 5.41. The van der Waals surface area contributed by atoms with Crippen molar-refractivity contribution in [1.82, 2.24) is 4.72 Å². The van der Waals surface area contributed by atoms with Gasteiger partial charge in [-0.15, -0.1) is 0 Å². The normalized spacial score (nSPS) is 13.2. The summed E-state index contributed by atoms with van der Waals surface area (Å²) in [6.07, 6.45) is 0.796. The molecule has 1 rings (SSSR count). The molecule has 0 aliphatic rings. The van der Waals surface area contributed by atoms with Crippen molar-refractivity contribution in [2.75, 3.05) is 6.54 Å². The summed E-state index contributed by atoms with van der Waals surface area (Å²) in [6.45, 7) is 6.69. The number of aryl methyl sites for hydroxylation is 1. The van der Waals surface area contributed by atoms with E-state index >= 15 is 0 Å². The molecule has 0 aromatic heterocycles. The van der Waals surface area contributed by atoms with Crippen LogP contribution in [0.15, 0.2) is 11.0 Å². The Labute approximate surface area is 123 Å². The maximum absolute atomic E-state index is 13.6. The fourth-order valence-electron chi connectivity index (χ4n) is 2.01. The summed E-state index contributed by atoms with van der Waals surface area (Å²) in [4.78, 5) is 9.77. The van der Waals surface area contributed by atoms with Gasteiger partial charge in [-0.25, -0.2) is 13.1 Å². The van der Waals surface area contributed by atoms with Crippen LogP contribution < -0.4 is 4.72 Å². The van der Waals surface area contributed by atoms with Crippen LogP contribution in [0.1, 0.15) is 31.4 Å². The first-order valence-corrected chi connectivity index (χ1v) is 8.03. The second kappa shape index (κ2) is 6.48. The summed E-state index contributed by atoms with van der Waals surface area (Å²) in [7, 11) is -3.92. The summed E-state index contributed by atoms with van der Waals surface area (Å²) < 4.78 is 40.7. The molecule has 1 aromatic carbocycles. The Balaban J connectivity index is 3.36. The first kappa shape index (κ1) is 17.5. The summed E-state index contributed by atoms with van der Waals surface area (Å²) in [5.74, 6) is -0.897. The minimum atomic E-state index is -3.92. The van der Waals surface area contributed by atoms with Crippen LogP contribution in [0.3, 0.4) is 0 Å². The zero-order chi connectivity index (χ0) is 16.4. The molecule has 0 aliphatic carbocycles. The molecule has 8 heteroatoms. The van der Waals surface area contributed by atoms with Gasteiger partial charge >= 0.3 is 5.69 Å². The third-order valence-electron chi connectivity index (χ3n) is 3.39. The predicted molar refractivity (Wildman–Crippen MR) is 77.2 cm³/mol. The quantitative estimate of drug-likeness (QED) is 0.645. The first-order valence-electron chi connectivity index (χ1n) is 6.55. The van der Waals surface area contributed by atoms with Crippen molar-refractivity contribution >= 4 is 15.7 Å². The fourth-order valence-corrected chi connectivity index (χ4v) is 3.64. The van der Waals surface area contributed by atoms with Crippen LogP contribution in [0.25, 0.3) is 0 Å². The van der Waals surface area contributed by atoms with E-state index in [2.05, 4.69) is 4.72 Å². The van der Waals surface area contributed by atoms with Crippen LogP contribution in [0.5, 0.6) is 0 Å². The molecule has 1 aromatic rings. The lowest BCUT2D eigenvalue weighted by atomic mass is 10.1. The van der Waals surface area contributed by atoms with Crippen molar-refractivity contribution in [3.05, 3.63) is 33.1 Å². The molecule has 0 saturated heterocycles. The van der Waals surface area contributed by atoms with E-state index in [0.717, 1.165) is 12.5 Å². The van der Waals surface area contributed by atoms with Gasteiger partial charge in [0.25, 0.3) is 0 Å². The van der Waals surface area contributed by atoms with E-state index in [9.17, 15) is 22.9 Å². The van der Waals surface area contributed by atoms with Crippen molar-refractivity contribution in [3.8, 4) is 0 Å². The molecular weight excluding hydrogens is 299 g/mol. The number of nitrogens with zero attached hydrogens (tertiary/aromatic N) is 1. The Hall–Kier alpha value is -1.54. The second-order valence-corrected chi connectivity index (χ2v) is 6.80. The molecule has 0 radical (unpaired) electrons. The number of rotatable bonds is 6. The molecule has 0 spiro atoms. The molecule has 1 atom stereocenters. The third-order valence-corrected chi connectivity index (χ3v) is 5.11. The summed E-state index contributed by atoms with van der Waals surface area (Å²) in [6, 6.07) is 0.878. The smallest absolute Gasteiger partial charge is 0.258 e. The van der Waals surface area contributed by atoms with E-state index in [1.54, 1.807) is 0 Å². The lowest BCUT2D eigenvalue weighted by Crippen LogP contribution is -2.29. The number of benzene rings is 1. The van der Waals surface area contributed by atoms with E-state index in [1.807, 2.05) is 13.8 Å². The number of nitro groups is 1. The second-order valence-electron chi connectivity index (χ2n) is 5.10. The van der Waals surface area contributed by atoms with Crippen LogP contribution in [-0.2, 0) is 10.0 Å². The van der Waals surface area contributed by atoms with E-state index in [-0.39, 0.29) is 28.5 Å². The van der Waals surface area contributed by atoms with Gasteiger partial charge in [-0.3, -0.25) is 10.1 Å². The van der Waals surface area contributed by atoms with Crippen LogP contribution in [0.2, 0.25) is 0 Å². The van der Waals surface area contributed by atoms with Crippen LogP contribution >= 0.6 is 0 Å². The average Bonchev–Trinajstić information content (AvgIpc) is 2.34. The lowest BCUT2D eigenvalue weighted by Gasteiger charge is -2.14. The molecule has 0 saturated carbocycles. The molecule has 0 heterocycles. The Bertz CT molecular complexity index is 659. The Morgan fingerprint density at radius 2 is 2.00 bits per heavy atom. The highest BCUT2D eigenvalue weighted by molar-refractivity contribution is 7.89. The number of sulfonamides is 1. The molecule has 0 amide bonds. The van der Waals surface area contributed by atoms with Gasteiger partial charge < -0.3 is 0 Å². The zero-order valence-electron chi connectivity index (χ0n) is 12.4. The largest absolute Gasteiger partial charge is 0.309 e. The summed E-state index contributed by atoms with van der Waals surface area (Å²) in [5, 5.41) is 10.9. The number of nitro benzene ring substituents is 1. The van der Waals surface area contributed by atoms with E-state index < -0.39 is 26.5 Å². The standard InChI is InChI=1S/C13H19FN2O4S/c1-5-8(2)7-15-21(19,20)13-9(3)6-11(14)12(10(13)4)16(17)18/h6,8,15H,5,7H2,1-4H3. The van der Waals surface area contributed by atoms with Crippen LogP contribution in [-0.4, -0.2) is 19.9 Å². The average molecular weight is 318 g/mol. The van der Waals surface area contributed by atoms with E-state index in [1.165, 1.54) is 13.8 Å². The van der Waals surface area contributed by atoms with Gasteiger partial charge in [-0.05, 0) is 31.4 Å². The van der Waals surface area contributed by atoms with Gasteiger partial charge in [-0.1, -0.05) is 20.3 Å². The molecule has 0 aliphatic heterocycles. The highest BCUT2D eigenvalue weighted by Crippen LogP contribution is 2.31. The molecular formula is C13H19FN2O4S. The maximum Gasteiger partial charge on any atom is 0.309 e. The molecule has 0 bridgehead atoms. The van der Waals surface area contributed by atoms with Gasteiger partial charge in [0.15, 0.2) is 0 Å². The number of halogens is 1. The molecule has 0 fully saturated rings. The van der Waals surface area contributed by atoms with Gasteiger partial charge in [0.1, 0.15) is 0 Å². The monoisotopic (exact) mass is 318 g/mol. The van der Waals surface area contributed by atoms with Crippen molar-refractivity contribution < 1.29 is 17.7 Å². The molecule has 118 valence electrons. The number of hydrogen-bond donors (Lipinski definition) is 1. The highest BCUT2D eigenvalue weighted by Gasteiger charge is 2.29. The topological polar surface area (TPSA) is 89.3 Å². The van der Waals surface area contributed by atoms with Crippen molar-refractivity contribution in [2.45, 2.75) is 39.0 Å². The zero-order valence-corrected chi connectivity index (χ0v) is 13.3. The lowest BCUT2D eigenvalue weighted by molar-refractivity contribution is -0.388. The predicted octanol–water partition coefficient (Wildman–Crippen LogP) is 2.68. The summed E-state index contributed by atoms with van der Waals surface area (Å²) >= 11 is 0. The minimum absolute atomic E-state index is 0.135. The van der Waals surface area contributed by atoms with Crippen molar-refractivity contribution in [1.29, 1.82) is 0 Å². The highest BCUT2D eigenvalue weighted by atomic mass is 32.2. The Morgan fingerprint density at radius 1 is 1.43 bits per heavy atom. The van der Waals surface area contributed by atoms with Crippen molar-refractivity contribution in [2.24, 2.45) is 5.92 Å². The molecule has 21 heavy (non-hydrogen) atoms. The summed E-state index contributed by atoms with van der Waals surface area (Å²) in [5.41, 5.74) is -0.842. The third kappa shape index (κ3) is 3.76. The van der Waals surface area contributed by atoms with Gasteiger partial charge in [-0.2, -0.15) is 4.39 Å². The molecule has 1 unspecified atom stereocenters. The number of nitrogens with one attached hydrogen (secondary N) is 1. The molecule has 1 N–H and O–H groups in total. The van der Waals surface area contributed by atoms with Crippen LogP contribution in [0, 0.1) is 35.7 Å². The minimum Gasteiger partial charge on any atom is -0.258 e. The fraction of sp³-hybridized carbons (Fsp3) is 0.538. The Morgan fingerprint density at radius 3 is 2.48 bits per heavy atom. The number of hydrogen-bond acceptors (Lipinski definition) is 4. The van der Waals surface area contributed by atoms with Crippen molar-refractivity contribution in [3.63, 3.8) is 0 Å². The van der Waals surface area contributed by atoms with Gasteiger partial charge in [0.05, 0.1) is 15.4 Å². The SMILES string of the molecule is CCC(C)CNS(=O)(=O)c1c(C)cc(F)c([N+](=O)[O-])c1C. The van der Waals surface area contributed by atoms with Gasteiger partial charge in [0.2, 0.25) is 15.8 Å². The van der Waals surface area contributed by atoms with E-state index in [4.69, 9.17) is 0 Å². The van der Waals surface area contributed by atoms with E-state index in [0.29, 0.717) is 0 Å². The van der Waals surface area contributed by atoms with Gasteiger partial charge in [0, 0.05) is 6.54 Å². The maximum atomic E-state index is 13.6. The molecule has 6 nitrogen and oxygen atoms in total. The van der Waals surface area contributed by atoms with Crippen LogP contribution in [0.4, 0.5) is 10.1 Å². The first-order chi connectivity index (χ1) is 9.61.